The lowest BCUT2D eigenvalue weighted by molar-refractivity contribution is 0.864. The molecule has 0 aliphatic rings. The van der Waals surface area contributed by atoms with Gasteiger partial charge in [0.2, 0.25) is 0 Å². The fourth-order valence-corrected chi connectivity index (χ4v) is 1.23. The smallest absolute Gasteiger partial charge is 0.0219 e. The van der Waals surface area contributed by atoms with E-state index in [9.17, 15) is 0 Å². The van der Waals surface area contributed by atoms with Crippen molar-refractivity contribution in [2.45, 2.75) is 26.7 Å². The molecule has 0 bridgehead atoms. The summed E-state index contributed by atoms with van der Waals surface area (Å²) in [5, 5.41) is 0. The maximum absolute atomic E-state index is 3.92. The molecule has 0 saturated carbocycles. The number of hydrogen-bond donors (Lipinski definition) is 0. The van der Waals surface area contributed by atoms with Crippen LogP contribution in [-0.2, 0) is 0 Å². The van der Waals surface area contributed by atoms with Gasteiger partial charge < -0.3 is 0 Å². The van der Waals surface area contributed by atoms with Crippen molar-refractivity contribution in [3.8, 4) is 0 Å². The zero-order valence-corrected chi connectivity index (χ0v) is 7.52. The van der Waals surface area contributed by atoms with Crippen LogP contribution in [0.5, 0.6) is 0 Å². The van der Waals surface area contributed by atoms with Crippen LogP contribution >= 0.6 is 0 Å². The van der Waals surface area contributed by atoms with Crippen LogP contribution in [0.4, 0.5) is 0 Å². The van der Waals surface area contributed by atoms with E-state index >= 15 is 0 Å². The Kier molecular flexibility index (Phi) is 2.33. The second kappa shape index (κ2) is 3.08. The van der Waals surface area contributed by atoms with Crippen LogP contribution in [0, 0.1) is 13.8 Å². The molecule has 59 valence electrons. The van der Waals surface area contributed by atoms with Gasteiger partial charge in [0, 0.05) is 0 Å². The number of benzene rings is 1. The van der Waals surface area contributed by atoms with Crippen LogP contribution in [0.15, 0.2) is 18.2 Å². The Labute approximate surface area is 69.3 Å². The molecule has 0 unspecified atom stereocenters. The number of rotatable bonds is 1. The molecule has 0 aromatic heterocycles. The van der Waals surface area contributed by atoms with Crippen molar-refractivity contribution >= 4 is 0 Å². The second-order valence-electron chi connectivity index (χ2n) is 3.41. The third-order valence-corrected chi connectivity index (χ3v) is 1.83. The lowest BCUT2D eigenvalue weighted by Gasteiger charge is -2.07. The number of hydrogen-bond acceptors (Lipinski definition) is 0. The fourth-order valence-electron chi connectivity index (χ4n) is 1.23. The van der Waals surface area contributed by atoms with Crippen LogP contribution in [0.25, 0.3) is 0 Å². The van der Waals surface area contributed by atoms with Crippen LogP contribution in [0.1, 0.15) is 36.5 Å². The predicted molar refractivity (Wildman–Crippen MR) is 49.7 cm³/mol. The summed E-state index contributed by atoms with van der Waals surface area (Å²) in [6.07, 6.45) is 0. The van der Waals surface area contributed by atoms with Crippen LogP contribution < -0.4 is 0 Å². The van der Waals surface area contributed by atoms with E-state index in [0.29, 0.717) is 5.92 Å². The van der Waals surface area contributed by atoms with E-state index in [1.807, 2.05) is 0 Å². The summed E-state index contributed by atoms with van der Waals surface area (Å²) in [5.41, 5.74) is 3.81. The molecule has 1 aromatic rings. The molecule has 0 heterocycles. The highest BCUT2D eigenvalue weighted by molar-refractivity contribution is 5.32. The van der Waals surface area contributed by atoms with Gasteiger partial charge in [-0.25, -0.2) is 0 Å². The highest BCUT2D eigenvalue weighted by atomic mass is 14.0. The Hall–Kier alpha value is -0.780. The zero-order chi connectivity index (χ0) is 8.43. The van der Waals surface area contributed by atoms with Crippen molar-refractivity contribution in [1.29, 1.82) is 0 Å². The SMILES string of the molecule is [CH2]c1cc(C)cc(C(C)C)c1. The maximum Gasteiger partial charge on any atom is -0.0219 e. The van der Waals surface area contributed by atoms with Crippen molar-refractivity contribution in [2.24, 2.45) is 0 Å². The molecule has 0 aliphatic carbocycles. The van der Waals surface area contributed by atoms with E-state index in [1.165, 1.54) is 11.1 Å². The van der Waals surface area contributed by atoms with Gasteiger partial charge in [0.15, 0.2) is 0 Å². The molecule has 1 aromatic carbocycles. The van der Waals surface area contributed by atoms with E-state index in [0.717, 1.165) is 5.56 Å². The van der Waals surface area contributed by atoms with Crippen LogP contribution in [0.2, 0.25) is 0 Å². The van der Waals surface area contributed by atoms with Crippen molar-refractivity contribution < 1.29 is 0 Å². The summed E-state index contributed by atoms with van der Waals surface area (Å²) in [6, 6.07) is 6.48. The van der Waals surface area contributed by atoms with Crippen LogP contribution in [-0.4, -0.2) is 0 Å². The molecule has 1 rings (SSSR count). The van der Waals surface area contributed by atoms with Gasteiger partial charge in [0.05, 0.1) is 0 Å². The molecular formula is C11H15. The lowest BCUT2D eigenvalue weighted by atomic mass is 9.99. The second-order valence-corrected chi connectivity index (χ2v) is 3.41. The summed E-state index contributed by atoms with van der Waals surface area (Å²) in [4.78, 5) is 0. The first-order valence-corrected chi connectivity index (χ1v) is 4.03. The van der Waals surface area contributed by atoms with E-state index in [-0.39, 0.29) is 0 Å². The average molecular weight is 147 g/mol. The Morgan fingerprint density at radius 2 is 1.82 bits per heavy atom. The van der Waals surface area contributed by atoms with E-state index in [4.69, 9.17) is 0 Å². The van der Waals surface area contributed by atoms with Gasteiger partial charge in [-0.2, -0.15) is 0 Å². The van der Waals surface area contributed by atoms with Gasteiger partial charge >= 0.3 is 0 Å². The maximum atomic E-state index is 3.92. The topological polar surface area (TPSA) is 0 Å². The highest BCUT2D eigenvalue weighted by Gasteiger charge is 1.99. The van der Waals surface area contributed by atoms with Gasteiger partial charge in [-0.15, -0.1) is 0 Å². The number of aryl methyl sites for hydroxylation is 1. The predicted octanol–water partition coefficient (Wildman–Crippen LogP) is 3.30. The molecule has 0 spiro atoms. The van der Waals surface area contributed by atoms with Crippen molar-refractivity contribution in [1.82, 2.24) is 0 Å². The van der Waals surface area contributed by atoms with Gasteiger partial charge in [-0.05, 0) is 30.9 Å². The molecule has 0 atom stereocenters. The third kappa shape index (κ3) is 2.07. The minimum atomic E-state index is 0.607. The molecule has 1 radical (unpaired) electrons. The fraction of sp³-hybridized carbons (Fsp3) is 0.364. The molecule has 0 fully saturated rings. The minimum Gasteiger partial charge on any atom is -0.0587 e. The minimum absolute atomic E-state index is 0.607. The quantitative estimate of drug-likeness (QED) is 0.571. The highest BCUT2D eigenvalue weighted by Crippen LogP contribution is 2.17. The summed E-state index contributed by atoms with van der Waals surface area (Å²) >= 11 is 0. The Morgan fingerprint density at radius 1 is 1.18 bits per heavy atom. The van der Waals surface area contributed by atoms with Crippen molar-refractivity contribution in [3.63, 3.8) is 0 Å². The molecule has 0 nitrogen and oxygen atoms in total. The zero-order valence-electron chi connectivity index (χ0n) is 7.52. The normalized spacial score (nSPS) is 10.6. The average Bonchev–Trinajstić information content (AvgIpc) is 1.85. The summed E-state index contributed by atoms with van der Waals surface area (Å²) in [7, 11) is 0. The first-order valence-electron chi connectivity index (χ1n) is 4.03. The first-order chi connectivity index (χ1) is 5.09. The molecule has 11 heavy (non-hydrogen) atoms. The standard InChI is InChI=1S/C11H15/c1-8(2)11-6-9(3)5-10(4)7-11/h5-8H,3H2,1-2,4H3. The van der Waals surface area contributed by atoms with E-state index < -0.39 is 0 Å². The third-order valence-electron chi connectivity index (χ3n) is 1.83. The van der Waals surface area contributed by atoms with Crippen molar-refractivity contribution in [2.75, 3.05) is 0 Å². The molecule has 0 N–H and O–H groups in total. The molecule has 0 heteroatoms. The molecule has 0 saturated heterocycles. The summed E-state index contributed by atoms with van der Waals surface area (Å²) in [5.74, 6) is 0.607. The molecule has 0 aliphatic heterocycles. The summed E-state index contributed by atoms with van der Waals surface area (Å²) < 4.78 is 0. The Balaban J connectivity index is 3.08. The molecular weight excluding hydrogens is 132 g/mol. The first kappa shape index (κ1) is 8.32. The van der Waals surface area contributed by atoms with E-state index in [2.05, 4.69) is 45.9 Å². The molecule has 0 amide bonds. The largest absolute Gasteiger partial charge is 0.0587 e. The summed E-state index contributed by atoms with van der Waals surface area (Å²) in [6.45, 7) is 10.4. The lowest BCUT2D eigenvalue weighted by Crippen LogP contribution is -1.89. The van der Waals surface area contributed by atoms with E-state index in [1.54, 1.807) is 0 Å². The van der Waals surface area contributed by atoms with Gasteiger partial charge in [-0.3, -0.25) is 0 Å². The van der Waals surface area contributed by atoms with Gasteiger partial charge in [-0.1, -0.05) is 37.6 Å². The van der Waals surface area contributed by atoms with Crippen molar-refractivity contribution in [3.05, 3.63) is 41.8 Å². The van der Waals surface area contributed by atoms with Gasteiger partial charge in [0.25, 0.3) is 0 Å². The van der Waals surface area contributed by atoms with Crippen LogP contribution in [0.3, 0.4) is 0 Å². The Bertz CT molecular complexity index is 226. The Morgan fingerprint density at radius 3 is 2.27 bits per heavy atom. The monoisotopic (exact) mass is 147 g/mol. The van der Waals surface area contributed by atoms with Gasteiger partial charge in [0.1, 0.15) is 0 Å².